The highest BCUT2D eigenvalue weighted by Crippen LogP contribution is 2.30. The first-order chi connectivity index (χ1) is 19.4. The van der Waals surface area contributed by atoms with Gasteiger partial charge in [0.1, 0.15) is 30.4 Å². The molecule has 16 heteroatoms. The number of aliphatic carboxylic acids is 2. The van der Waals surface area contributed by atoms with Crippen LogP contribution in [0.15, 0.2) is 15.8 Å². The number of ether oxygens (including phenoxy) is 1. The fraction of sp³-hybridized carbons (Fsp3) is 0.680. The van der Waals surface area contributed by atoms with Crippen LogP contribution in [0.25, 0.3) is 0 Å². The summed E-state index contributed by atoms with van der Waals surface area (Å²) in [5.74, 6) is -4.99. The van der Waals surface area contributed by atoms with Gasteiger partial charge < -0.3 is 41.5 Å². The zero-order valence-corrected chi connectivity index (χ0v) is 22.8. The van der Waals surface area contributed by atoms with Gasteiger partial charge in [0.25, 0.3) is 11.5 Å². The first-order valence-corrected chi connectivity index (χ1v) is 13.5. The van der Waals surface area contributed by atoms with Crippen molar-refractivity contribution < 1.29 is 44.3 Å². The summed E-state index contributed by atoms with van der Waals surface area (Å²) in [5.41, 5.74) is 2.88. The van der Waals surface area contributed by atoms with Gasteiger partial charge in [0, 0.05) is 6.20 Å². The summed E-state index contributed by atoms with van der Waals surface area (Å²) in [7, 11) is 0. The van der Waals surface area contributed by atoms with E-state index in [0.717, 1.165) is 32.1 Å². The minimum atomic E-state index is -1.93. The molecule has 230 valence electrons. The largest absolute Gasteiger partial charge is 0.480 e. The third-order valence-corrected chi connectivity index (χ3v) is 6.76. The molecule has 2 rings (SSSR count). The van der Waals surface area contributed by atoms with Crippen LogP contribution in [0, 0.1) is 0 Å². The number of carboxylic acids is 2. The topological polar surface area (TPSA) is 263 Å². The van der Waals surface area contributed by atoms with Crippen molar-refractivity contribution in [2.45, 2.75) is 101 Å². The zero-order valence-electron chi connectivity index (χ0n) is 22.8. The highest BCUT2D eigenvalue weighted by Gasteiger charge is 2.50. The van der Waals surface area contributed by atoms with Crippen molar-refractivity contribution in [1.29, 1.82) is 0 Å². The number of H-pyrrole nitrogens is 1. The van der Waals surface area contributed by atoms with Gasteiger partial charge in [-0.05, 0) is 6.42 Å². The van der Waals surface area contributed by atoms with Crippen molar-refractivity contribution in [3.8, 4) is 0 Å². The number of nitrogens with two attached hydrogens (primary N) is 1. The zero-order chi connectivity index (χ0) is 30.7. The second kappa shape index (κ2) is 16.0. The Morgan fingerprint density at radius 3 is 2.22 bits per heavy atom. The van der Waals surface area contributed by atoms with Gasteiger partial charge in [0.2, 0.25) is 5.91 Å². The second-order valence-electron chi connectivity index (χ2n) is 9.95. The lowest BCUT2D eigenvalue weighted by Crippen LogP contribution is -2.56. The molecule has 1 aliphatic rings. The number of unbranched alkanes of at least 4 members (excludes halogenated alkanes) is 7. The molecule has 9 N–H and O–H groups in total. The minimum absolute atomic E-state index is 0.298. The Bertz CT molecular complexity index is 1180. The Morgan fingerprint density at radius 2 is 1.63 bits per heavy atom. The summed E-state index contributed by atoms with van der Waals surface area (Å²) in [6.45, 7) is 1.31. The van der Waals surface area contributed by atoms with E-state index < -0.39 is 83.7 Å². The number of aliphatic hydroxyl groups is 2. The number of carbonyl (C=O) groups is 4. The number of carbonyl (C=O) groups excluding carboxylic acids is 2. The molecule has 2 amide bonds. The number of aromatic nitrogens is 2. The normalized spacial score (nSPS) is 21.7. The van der Waals surface area contributed by atoms with Crippen molar-refractivity contribution in [2.75, 3.05) is 6.54 Å². The molecule has 41 heavy (non-hydrogen) atoms. The number of nitrogens with one attached hydrogen (secondary N) is 3. The molecule has 6 atom stereocenters. The van der Waals surface area contributed by atoms with Crippen LogP contribution in [-0.2, 0) is 19.1 Å². The van der Waals surface area contributed by atoms with E-state index in [1.54, 1.807) is 0 Å². The molecule has 1 aromatic heterocycles. The van der Waals surface area contributed by atoms with Crippen molar-refractivity contribution in [1.82, 2.24) is 20.2 Å². The third kappa shape index (κ3) is 9.48. The minimum Gasteiger partial charge on any atom is -0.480 e. The van der Waals surface area contributed by atoms with Gasteiger partial charge in [-0.1, -0.05) is 58.3 Å². The van der Waals surface area contributed by atoms with E-state index in [2.05, 4.69) is 12.2 Å². The van der Waals surface area contributed by atoms with Crippen molar-refractivity contribution in [3.63, 3.8) is 0 Å². The lowest BCUT2D eigenvalue weighted by molar-refractivity contribution is -0.149. The monoisotopic (exact) mass is 585 g/mol. The van der Waals surface area contributed by atoms with Gasteiger partial charge in [-0.25, -0.2) is 9.59 Å². The molecule has 0 spiro atoms. The summed E-state index contributed by atoms with van der Waals surface area (Å²) in [6.07, 6.45) is 1.84. The predicted octanol–water partition coefficient (Wildman–Crippen LogP) is -1.60. The van der Waals surface area contributed by atoms with E-state index >= 15 is 0 Å². The Hall–Kier alpha value is -3.60. The first-order valence-electron chi connectivity index (χ1n) is 13.5. The van der Waals surface area contributed by atoms with Crippen LogP contribution in [0.3, 0.4) is 0 Å². The molecule has 0 saturated carbocycles. The Morgan fingerprint density at radius 1 is 1.02 bits per heavy atom. The van der Waals surface area contributed by atoms with Gasteiger partial charge in [0.15, 0.2) is 12.3 Å². The number of amides is 2. The van der Waals surface area contributed by atoms with Crippen LogP contribution in [-0.4, -0.2) is 90.7 Å². The summed E-state index contributed by atoms with van der Waals surface area (Å²) in [6, 6.07) is -2.91. The molecule has 1 aliphatic heterocycles. The van der Waals surface area contributed by atoms with Crippen LogP contribution in [0.5, 0.6) is 0 Å². The molecule has 1 fully saturated rings. The molecule has 0 aliphatic carbocycles. The maximum atomic E-state index is 12.6. The molecular weight excluding hydrogens is 546 g/mol. The Kier molecular flexibility index (Phi) is 13.1. The lowest BCUT2D eigenvalue weighted by Gasteiger charge is -2.24. The quantitative estimate of drug-likeness (QED) is 0.0961. The predicted molar refractivity (Wildman–Crippen MR) is 142 cm³/mol. The fourth-order valence-corrected chi connectivity index (χ4v) is 4.45. The Balaban J connectivity index is 2.08. The molecular formula is C25H39N5O11. The standard InChI is InChI=1S/C25H39N5O11/c1-2-3-4-5-6-7-8-9-10-14(26)22(37)28-16(24(38)39)19-17(33)18(34)23(41-19)30-12-13(21(36)29-25(30)40)20(35)27-11-15(31)32/h12,14,16-19,23,33-34H,2-11,26H2,1H3,(H,27,35)(H,28,37)(H,31,32)(H,38,39)(H,29,36,40)/t14?,16?,17-,18+,19+,23+/m0/s1. The first kappa shape index (κ1) is 33.6. The summed E-state index contributed by atoms with van der Waals surface area (Å²) < 4.78 is 6.00. The molecule has 0 radical (unpaired) electrons. The molecule has 1 saturated heterocycles. The van der Waals surface area contributed by atoms with Crippen molar-refractivity contribution in [3.05, 3.63) is 32.6 Å². The summed E-state index contributed by atoms with van der Waals surface area (Å²) in [5, 5.41) is 43.7. The van der Waals surface area contributed by atoms with E-state index in [1.165, 1.54) is 12.8 Å². The van der Waals surface area contributed by atoms with E-state index in [4.69, 9.17) is 15.6 Å². The van der Waals surface area contributed by atoms with Crippen molar-refractivity contribution in [2.24, 2.45) is 5.73 Å². The second-order valence-corrected chi connectivity index (χ2v) is 9.95. The number of nitrogens with zero attached hydrogens (tertiary/aromatic N) is 1. The van der Waals surface area contributed by atoms with E-state index in [1.807, 2.05) is 10.3 Å². The van der Waals surface area contributed by atoms with Crippen LogP contribution >= 0.6 is 0 Å². The maximum absolute atomic E-state index is 12.6. The van der Waals surface area contributed by atoms with Gasteiger partial charge in [-0.2, -0.15) is 0 Å². The average molecular weight is 586 g/mol. The molecule has 0 bridgehead atoms. The molecule has 2 unspecified atom stereocenters. The maximum Gasteiger partial charge on any atom is 0.330 e. The number of hydrogen-bond donors (Lipinski definition) is 8. The highest BCUT2D eigenvalue weighted by atomic mass is 16.6. The number of aromatic amines is 1. The van der Waals surface area contributed by atoms with Gasteiger partial charge in [-0.3, -0.25) is 28.7 Å². The van der Waals surface area contributed by atoms with E-state index in [-0.39, 0.29) is 0 Å². The average Bonchev–Trinajstić information content (AvgIpc) is 3.20. The van der Waals surface area contributed by atoms with Crippen LogP contribution in [0.2, 0.25) is 0 Å². The summed E-state index contributed by atoms with van der Waals surface area (Å²) in [4.78, 5) is 73.8. The van der Waals surface area contributed by atoms with Crippen molar-refractivity contribution >= 4 is 23.8 Å². The SMILES string of the molecule is CCCCCCCCCCC(N)C(=O)NC(C(=O)O)[C@H]1O[C@@H](n2cc(C(=O)NCC(=O)O)c(=O)[nH]c2=O)[C@H](O)[C@@H]1O. The number of carboxylic acid groups (broad SMARTS) is 2. The summed E-state index contributed by atoms with van der Waals surface area (Å²) >= 11 is 0. The van der Waals surface area contributed by atoms with E-state index in [0.29, 0.717) is 23.6 Å². The van der Waals surface area contributed by atoms with E-state index in [9.17, 15) is 44.1 Å². The van der Waals surface area contributed by atoms with Gasteiger partial charge >= 0.3 is 17.6 Å². The van der Waals surface area contributed by atoms with Gasteiger partial charge in [0.05, 0.1) is 6.04 Å². The molecule has 1 aromatic rings. The molecule has 2 heterocycles. The number of hydrogen-bond acceptors (Lipinski definition) is 10. The molecule has 0 aromatic carbocycles. The van der Waals surface area contributed by atoms with Crippen LogP contribution in [0.1, 0.15) is 81.3 Å². The van der Waals surface area contributed by atoms with Gasteiger partial charge in [-0.15, -0.1) is 0 Å². The number of aliphatic hydroxyl groups excluding tert-OH is 2. The smallest absolute Gasteiger partial charge is 0.330 e. The lowest BCUT2D eigenvalue weighted by atomic mass is 10.0. The van der Waals surface area contributed by atoms with Crippen LogP contribution in [0.4, 0.5) is 0 Å². The Labute approximate surface area is 234 Å². The fourth-order valence-electron chi connectivity index (χ4n) is 4.45. The highest BCUT2D eigenvalue weighted by molar-refractivity contribution is 5.95. The molecule has 16 nitrogen and oxygen atoms in total. The third-order valence-electron chi connectivity index (χ3n) is 6.76. The number of rotatable bonds is 17. The van der Waals surface area contributed by atoms with Crippen LogP contribution < -0.4 is 27.6 Å².